The monoisotopic (exact) mass is 1160 g/mol. The van der Waals surface area contributed by atoms with E-state index in [0.717, 1.165) is 54.6 Å². The number of hydrogen-bond acceptors (Lipinski definition) is 15. The van der Waals surface area contributed by atoms with Gasteiger partial charge in [-0.2, -0.15) is 16.8 Å². The molecule has 392 valence electrons. The van der Waals surface area contributed by atoms with E-state index >= 15 is 0 Å². The quantitative estimate of drug-likeness (QED) is 0.0509. The van der Waals surface area contributed by atoms with Crippen LogP contribution >= 0.6 is 0 Å². The first-order valence-electron chi connectivity index (χ1n) is 21.4. The molecule has 6 amide bonds. The van der Waals surface area contributed by atoms with Crippen LogP contribution < -0.4 is 91.0 Å². The zero-order valence-corrected chi connectivity index (χ0v) is 48.0. The third-order valence-corrected chi connectivity index (χ3v) is 15.0. The second-order valence-electron chi connectivity index (χ2n) is 16.5. The van der Waals surface area contributed by atoms with Gasteiger partial charge in [0.15, 0.2) is 0 Å². The third-order valence-electron chi connectivity index (χ3n) is 11.3. The Labute approximate surface area is 487 Å². The van der Waals surface area contributed by atoms with Crippen molar-refractivity contribution < 1.29 is 135 Å². The van der Waals surface area contributed by atoms with Gasteiger partial charge < -0.3 is 50.1 Å². The number of carbonyl (C=O) groups is 5. The molecule has 0 radical (unpaired) electrons. The zero-order valence-electron chi connectivity index (χ0n) is 40.7. The summed E-state index contributed by atoms with van der Waals surface area (Å²) in [6.45, 7) is 0. The first kappa shape index (κ1) is 60.4. The van der Waals surface area contributed by atoms with E-state index in [1.54, 1.807) is 0 Å². The molecule has 0 saturated carbocycles. The summed E-state index contributed by atoms with van der Waals surface area (Å²) >= 11 is 0. The van der Waals surface area contributed by atoms with E-state index in [9.17, 15) is 75.9 Å². The summed E-state index contributed by atoms with van der Waals surface area (Å²) in [7, 11) is -17.5. The van der Waals surface area contributed by atoms with Crippen LogP contribution in [0.5, 0.6) is 0 Å². The normalized spacial score (nSPS) is 11.7. The van der Waals surface area contributed by atoms with Gasteiger partial charge in [-0.15, -0.1) is 0 Å². The number of rotatable bonds is 14. The van der Waals surface area contributed by atoms with Gasteiger partial charge in [-0.1, -0.05) is 48.5 Å². The molecular weight excluding hydrogens is 1120 g/mol. The van der Waals surface area contributed by atoms with Crippen molar-refractivity contribution in [3.8, 4) is 0 Å². The number of aryl methyl sites for hydroxylation is 2. The Morgan fingerprint density at radius 1 is 0.423 bits per heavy atom. The largest absolute Gasteiger partial charge is 1.00 e. The van der Waals surface area contributed by atoms with Gasteiger partial charge in [0.05, 0.1) is 32.5 Å². The molecule has 0 fully saturated rings. The van der Waals surface area contributed by atoms with Gasteiger partial charge in [0.2, 0.25) is 0 Å². The van der Waals surface area contributed by atoms with E-state index in [4.69, 9.17) is 0 Å². The Bertz CT molecular complexity index is 4010. The molecule has 8 N–H and O–H groups in total. The van der Waals surface area contributed by atoms with Gasteiger partial charge in [0, 0.05) is 70.5 Å². The van der Waals surface area contributed by atoms with Crippen molar-refractivity contribution >= 4 is 126 Å². The molecule has 0 atom stereocenters. The number of fused-ring (bicyclic) bond motifs is 2. The predicted octanol–water partition coefficient (Wildman–Crippen LogP) is -0.367. The number of nitrogens with one attached hydrogen (secondary N) is 6. The van der Waals surface area contributed by atoms with Gasteiger partial charge in [-0.25, -0.2) is 21.6 Å². The summed E-state index contributed by atoms with van der Waals surface area (Å²) in [5.41, 5.74) is -0.577. The molecule has 2 heterocycles. The predicted molar refractivity (Wildman–Crippen MR) is 272 cm³/mol. The van der Waals surface area contributed by atoms with Gasteiger partial charge in [-0.05, 0) is 72.8 Å². The smallest absolute Gasteiger partial charge is 0.744 e. The van der Waals surface area contributed by atoms with Crippen molar-refractivity contribution in [3.63, 3.8) is 0 Å². The Morgan fingerprint density at radius 2 is 0.833 bits per heavy atom. The van der Waals surface area contributed by atoms with Crippen molar-refractivity contribution in [2.75, 3.05) is 31.9 Å². The van der Waals surface area contributed by atoms with E-state index < -0.39 is 106 Å². The maximum Gasteiger partial charge on any atom is 1.00 e. The van der Waals surface area contributed by atoms with E-state index in [2.05, 4.69) is 31.9 Å². The fraction of sp³-hybridized carbons (Fsp3) is 0.0426. The minimum Gasteiger partial charge on any atom is -0.744 e. The van der Waals surface area contributed by atoms with Gasteiger partial charge >= 0.3 is 65.1 Å². The maximum absolute atomic E-state index is 13.4. The number of benzene rings is 6. The van der Waals surface area contributed by atoms with Gasteiger partial charge in [0.1, 0.15) is 41.4 Å². The number of carbonyl (C=O) groups excluding carboxylic acids is 5. The van der Waals surface area contributed by atoms with Crippen LogP contribution in [0.3, 0.4) is 0 Å². The van der Waals surface area contributed by atoms with Crippen molar-refractivity contribution in [3.05, 3.63) is 156 Å². The van der Waals surface area contributed by atoms with Crippen molar-refractivity contribution in [1.82, 2.24) is 9.13 Å². The summed E-state index contributed by atoms with van der Waals surface area (Å²) in [6, 6.07) is 23.7. The van der Waals surface area contributed by atoms with Crippen molar-refractivity contribution in [2.24, 2.45) is 14.1 Å². The molecule has 0 aliphatic heterocycles. The average Bonchev–Trinajstić information content (AvgIpc) is 3.89. The van der Waals surface area contributed by atoms with E-state index in [1.807, 2.05) is 0 Å². The SMILES string of the molecule is Cn1cc(NC(=O)c2cccc(NC(=O)Nc3cccc(C(=O)Nc4cc(C(=O)Nc5ccc6c(S(=O)(=O)O)cccc6c5S(=O)(=O)O)n(C)c4)c3)c2)cc1C(=O)Nc1ccc2c(S(=O)(=O)[O-])cccc2c1S(=O)(=O)[O-].[Na+].[Na+]. The van der Waals surface area contributed by atoms with Crippen LogP contribution in [0, 0.1) is 0 Å². The summed E-state index contributed by atoms with van der Waals surface area (Å²) in [6.07, 6.45) is 2.71. The van der Waals surface area contributed by atoms with Crippen LogP contribution in [-0.2, 0) is 54.6 Å². The minimum absolute atomic E-state index is 0. The second kappa shape index (κ2) is 23.3. The van der Waals surface area contributed by atoms with E-state index in [1.165, 1.54) is 102 Å². The summed E-state index contributed by atoms with van der Waals surface area (Å²) in [4.78, 5) is 63.4. The molecule has 0 aliphatic carbocycles. The molecule has 78 heavy (non-hydrogen) atoms. The van der Waals surface area contributed by atoms with Crippen LogP contribution in [0.2, 0.25) is 0 Å². The molecule has 8 aromatic rings. The first-order valence-corrected chi connectivity index (χ1v) is 27.1. The summed E-state index contributed by atoms with van der Waals surface area (Å²) in [5.74, 6) is -3.22. The Kier molecular flexibility index (Phi) is 18.0. The fourth-order valence-electron chi connectivity index (χ4n) is 8.06. The van der Waals surface area contributed by atoms with E-state index in [0.29, 0.717) is 0 Å². The second-order valence-corrected chi connectivity index (χ2v) is 21.9. The molecule has 6 aromatic carbocycles. The molecule has 0 bridgehead atoms. The standard InChI is InChI=1S/C47H38N8O17S4.2Na/c1-54-23-29(21-37(54)45(58)52-35-17-15-31-33(41(35)75(67,68)69)11-5-13-39(31)73(61,62)63)48-43(56)25-7-3-9-27(19-25)50-47(60)51-28-10-4-8-26(20-28)44(57)49-30-22-38(55(2)24-30)46(59)53-36-18-16-32-34(42(36)76(70,71)72)12-6-14-40(32)74(64,65)66;;/h3-24H,1-2H3,(H,48,56)(H,49,57)(H,52,58)(H,53,59)(H2,50,51,60)(H,61,62,63)(H,64,65,66)(H,67,68,69)(H,70,71,72);;/q;2*+1/p-2. The van der Waals surface area contributed by atoms with Crippen molar-refractivity contribution in [2.45, 2.75) is 19.6 Å². The third kappa shape index (κ3) is 13.4. The molecule has 0 aliphatic rings. The molecule has 31 heteroatoms. The summed E-state index contributed by atoms with van der Waals surface area (Å²) in [5, 5.41) is 13.7. The molecule has 0 saturated heterocycles. The van der Waals surface area contributed by atoms with Crippen LogP contribution in [0.1, 0.15) is 41.7 Å². The van der Waals surface area contributed by atoms with Crippen LogP contribution in [0.25, 0.3) is 21.5 Å². The topological polar surface area (TPSA) is 391 Å². The maximum atomic E-state index is 13.4. The molecule has 8 rings (SSSR count). The molecule has 0 unspecified atom stereocenters. The number of amides is 6. The fourth-order valence-corrected chi connectivity index (χ4v) is 11.1. The molecule has 25 nitrogen and oxygen atoms in total. The van der Waals surface area contributed by atoms with Crippen LogP contribution in [0.4, 0.5) is 38.9 Å². The number of anilines is 6. The summed E-state index contributed by atoms with van der Waals surface area (Å²) < 4.78 is 144. The number of hydrogen-bond donors (Lipinski definition) is 8. The van der Waals surface area contributed by atoms with Crippen LogP contribution in [-0.4, -0.2) is 90.7 Å². The number of urea groups is 1. The Morgan fingerprint density at radius 3 is 1.26 bits per heavy atom. The van der Waals surface area contributed by atoms with E-state index in [-0.39, 0.29) is 121 Å². The first-order chi connectivity index (χ1) is 35.6. The molecule has 0 spiro atoms. The average molecular weight is 1160 g/mol. The minimum atomic E-state index is -5.37. The number of nitrogens with zero attached hydrogens (tertiary/aromatic N) is 2. The van der Waals surface area contributed by atoms with Crippen LogP contribution in [0.15, 0.2) is 153 Å². The Hall–Kier alpha value is -6.81. The van der Waals surface area contributed by atoms with Gasteiger partial charge in [0.25, 0.3) is 43.9 Å². The molecular formula is C47H36N8Na2O17S4. The van der Waals surface area contributed by atoms with Crippen molar-refractivity contribution in [1.29, 1.82) is 0 Å². The molecule has 2 aromatic heterocycles. The Balaban J connectivity index is 0.00000492. The number of aromatic nitrogens is 2. The van der Waals surface area contributed by atoms with Gasteiger partial charge in [-0.3, -0.25) is 28.3 Å². The zero-order chi connectivity index (χ0) is 55.2.